The summed E-state index contributed by atoms with van der Waals surface area (Å²) in [5, 5.41) is 10.5. The van der Waals surface area contributed by atoms with Crippen molar-refractivity contribution in [2.24, 2.45) is 0 Å². The smallest absolute Gasteiger partial charge is 0.355 e. The van der Waals surface area contributed by atoms with Crippen LogP contribution in [0, 0.1) is 13.8 Å². The molecule has 0 saturated carbocycles. The molecule has 0 spiro atoms. The highest BCUT2D eigenvalue weighted by Gasteiger charge is 2.17. The molecule has 0 amide bonds. The monoisotopic (exact) mass is 312 g/mol. The van der Waals surface area contributed by atoms with Gasteiger partial charge in [-0.15, -0.1) is 0 Å². The largest absolute Gasteiger partial charge is 0.476 e. The predicted octanol–water partition coefficient (Wildman–Crippen LogP) is 4.27. The van der Waals surface area contributed by atoms with Crippen molar-refractivity contribution in [1.29, 1.82) is 0 Å². The van der Waals surface area contributed by atoms with E-state index < -0.39 is 5.97 Å². The van der Waals surface area contributed by atoms with E-state index in [0.29, 0.717) is 27.3 Å². The molecule has 0 aliphatic heterocycles. The molecule has 0 bridgehead atoms. The fourth-order valence-electron chi connectivity index (χ4n) is 2.51. The van der Waals surface area contributed by atoms with Crippen LogP contribution < -0.4 is 0 Å². The van der Waals surface area contributed by atoms with Gasteiger partial charge in [-0.1, -0.05) is 35.4 Å². The first-order valence-corrected chi connectivity index (χ1v) is 7.12. The summed E-state index contributed by atoms with van der Waals surface area (Å²) >= 11 is 6.18. The second-order valence-electron chi connectivity index (χ2n) is 5.16. The molecule has 4 nitrogen and oxygen atoms in total. The van der Waals surface area contributed by atoms with E-state index in [4.69, 9.17) is 11.6 Å². The van der Waals surface area contributed by atoms with Gasteiger partial charge in [-0.25, -0.2) is 14.8 Å². The maximum Gasteiger partial charge on any atom is 0.355 e. The molecule has 0 aliphatic carbocycles. The molecule has 3 rings (SSSR count). The number of carboxylic acid groups (broad SMARTS) is 1. The second kappa shape index (κ2) is 5.39. The van der Waals surface area contributed by atoms with Crippen LogP contribution in [0.4, 0.5) is 0 Å². The van der Waals surface area contributed by atoms with E-state index in [2.05, 4.69) is 9.97 Å². The molecule has 1 N–H and O–H groups in total. The standard InChI is InChI=1S/C17H13ClN2O2/c1-9-7-10(2)14-12(8-9)15(17(21)22)20-16(19-14)11-5-3-4-6-13(11)18/h3-8H,1-2H3,(H,21,22). The normalized spacial score (nSPS) is 10.9. The lowest BCUT2D eigenvalue weighted by Crippen LogP contribution is -2.06. The van der Waals surface area contributed by atoms with Crippen LogP contribution in [0.3, 0.4) is 0 Å². The number of hydrogen-bond acceptors (Lipinski definition) is 3. The lowest BCUT2D eigenvalue weighted by atomic mass is 10.0. The van der Waals surface area contributed by atoms with Gasteiger partial charge in [-0.05, 0) is 37.6 Å². The molecule has 0 fully saturated rings. The SMILES string of the molecule is Cc1cc(C)c2nc(-c3ccccc3Cl)nc(C(=O)O)c2c1. The zero-order chi connectivity index (χ0) is 15.9. The maximum atomic E-state index is 11.6. The van der Waals surface area contributed by atoms with Gasteiger partial charge in [0.05, 0.1) is 10.5 Å². The third-order valence-electron chi connectivity index (χ3n) is 3.45. The first-order valence-electron chi connectivity index (χ1n) is 6.74. The van der Waals surface area contributed by atoms with Gasteiger partial charge in [0, 0.05) is 10.9 Å². The molecule has 1 aromatic heterocycles. The van der Waals surface area contributed by atoms with E-state index in [0.717, 1.165) is 11.1 Å². The fraction of sp³-hybridized carbons (Fsp3) is 0.118. The van der Waals surface area contributed by atoms with Crippen molar-refractivity contribution in [3.8, 4) is 11.4 Å². The van der Waals surface area contributed by atoms with Crippen LogP contribution in [0.5, 0.6) is 0 Å². The van der Waals surface area contributed by atoms with Crippen LogP contribution in [0.1, 0.15) is 21.6 Å². The zero-order valence-corrected chi connectivity index (χ0v) is 12.8. The Hall–Kier alpha value is -2.46. The van der Waals surface area contributed by atoms with Gasteiger partial charge in [0.15, 0.2) is 11.5 Å². The Balaban J connectivity index is 2.40. The van der Waals surface area contributed by atoms with Crippen LogP contribution in [-0.2, 0) is 0 Å². The first-order chi connectivity index (χ1) is 10.5. The number of fused-ring (bicyclic) bond motifs is 1. The maximum absolute atomic E-state index is 11.6. The molecule has 5 heteroatoms. The molecule has 1 heterocycles. The Bertz CT molecular complexity index is 907. The van der Waals surface area contributed by atoms with E-state index in [1.54, 1.807) is 24.3 Å². The van der Waals surface area contributed by atoms with Crippen LogP contribution in [0.25, 0.3) is 22.3 Å². The number of hydrogen-bond donors (Lipinski definition) is 1. The van der Waals surface area contributed by atoms with Crippen molar-refractivity contribution in [1.82, 2.24) is 9.97 Å². The first kappa shape index (κ1) is 14.5. The van der Waals surface area contributed by atoms with Gasteiger partial charge >= 0.3 is 5.97 Å². The molecule has 110 valence electrons. The highest BCUT2D eigenvalue weighted by atomic mass is 35.5. The zero-order valence-electron chi connectivity index (χ0n) is 12.1. The van der Waals surface area contributed by atoms with Gasteiger partial charge < -0.3 is 5.11 Å². The van der Waals surface area contributed by atoms with Crippen LogP contribution in [-0.4, -0.2) is 21.0 Å². The molecule has 0 unspecified atom stereocenters. The van der Waals surface area contributed by atoms with Crippen molar-refractivity contribution in [2.45, 2.75) is 13.8 Å². The number of halogens is 1. The van der Waals surface area contributed by atoms with Crippen LogP contribution >= 0.6 is 11.6 Å². The summed E-state index contributed by atoms with van der Waals surface area (Å²) < 4.78 is 0. The summed E-state index contributed by atoms with van der Waals surface area (Å²) in [5.74, 6) is -0.756. The molecule has 0 radical (unpaired) electrons. The van der Waals surface area contributed by atoms with Gasteiger partial charge in [0.25, 0.3) is 0 Å². The van der Waals surface area contributed by atoms with Crippen molar-refractivity contribution in [2.75, 3.05) is 0 Å². The summed E-state index contributed by atoms with van der Waals surface area (Å²) in [6.07, 6.45) is 0. The topological polar surface area (TPSA) is 63.1 Å². The fourth-order valence-corrected chi connectivity index (χ4v) is 2.73. The third-order valence-corrected chi connectivity index (χ3v) is 3.78. The lowest BCUT2D eigenvalue weighted by molar-refractivity contribution is 0.0693. The number of nitrogens with zero attached hydrogens (tertiary/aromatic N) is 2. The minimum Gasteiger partial charge on any atom is -0.476 e. The number of carboxylic acids is 1. The van der Waals surface area contributed by atoms with E-state index >= 15 is 0 Å². The minimum absolute atomic E-state index is 0.00767. The summed E-state index contributed by atoms with van der Waals surface area (Å²) in [6, 6.07) is 10.9. The number of carbonyl (C=O) groups is 1. The summed E-state index contributed by atoms with van der Waals surface area (Å²) in [4.78, 5) is 20.3. The average Bonchev–Trinajstić information content (AvgIpc) is 2.46. The van der Waals surface area contributed by atoms with Crippen LogP contribution in [0.15, 0.2) is 36.4 Å². The molecule has 0 atom stereocenters. The molecular formula is C17H13ClN2O2. The molecule has 0 saturated heterocycles. The Morgan fingerprint density at radius 1 is 1.14 bits per heavy atom. The second-order valence-corrected chi connectivity index (χ2v) is 5.57. The number of benzene rings is 2. The summed E-state index contributed by atoms with van der Waals surface area (Å²) in [5.41, 5.74) is 3.13. The average molecular weight is 313 g/mol. The number of aromatic carboxylic acids is 1. The number of rotatable bonds is 2. The van der Waals surface area contributed by atoms with Crippen molar-refractivity contribution in [3.63, 3.8) is 0 Å². The summed E-state index contributed by atoms with van der Waals surface area (Å²) in [6.45, 7) is 3.82. The van der Waals surface area contributed by atoms with E-state index in [1.807, 2.05) is 26.0 Å². The van der Waals surface area contributed by atoms with E-state index in [9.17, 15) is 9.90 Å². The lowest BCUT2D eigenvalue weighted by Gasteiger charge is -2.10. The number of aryl methyl sites for hydroxylation is 2. The van der Waals surface area contributed by atoms with Crippen molar-refractivity contribution < 1.29 is 9.90 Å². The highest BCUT2D eigenvalue weighted by molar-refractivity contribution is 6.33. The van der Waals surface area contributed by atoms with Gasteiger partial charge in [-0.3, -0.25) is 0 Å². The van der Waals surface area contributed by atoms with E-state index in [1.165, 1.54) is 0 Å². The molecule has 0 aliphatic rings. The molecule has 2 aromatic carbocycles. The van der Waals surface area contributed by atoms with Crippen molar-refractivity contribution in [3.05, 3.63) is 58.2 Å². The number of aromatic nitrogens is 2. The Kier molecular flexibility index (Phi) is 3.54. The molecular weight excluding hydrogens is 300 g/mol. The van der Waals surface area contributed by atoms with Crippen molar-refractivity contribution >= 4 is 28.5 Å². The Morgan fingerprint density at radius 2 is 1.86 bits per heavy atom. The third kappa shape index (κ3) is 2.42. The van der Waals surface area contributed by atoms with Gasteiger partial charge in [0.2, 0.25) is 0 Å². The predicted molar refractivity (Wildman–Crippen MR) is 86.4 cm³/mol. The van der Waals surface area contributed by atoms with E-state index in [-0.39, 0.29) is 5.69 Å². The highest BCUT2D eigenvalue weighted by Crippen LogP contribution is 2.29. The quantitative estimate of drug-likeness (QED) is 0.767. The Morgan fingerprint density at radius 3 is 2.55 bits per heavy atom. The molecule has 22 heavy (non-hydrogen) atoms. The summed E-state index contributed by atoms with van der Waals surface area (Å²) in [7, 11) is 0. The minimum atomic E-state index is -1.08. The molecule has 3 aromatic rings. The Labute approximate surface area is 132 Å². The van der Waals surface area contributed by atoms with Crippen LogP contribution in [0.2, 0.25) is 5.02 Å². The van der Waals surface area contributed by atoms with Gasteiger partial charge in [-0.2, -0.15) is 0 Å². The van der Waals surface area contributed by atoms with Gasteiger partial charge in [0.1, 0.15) is 0 Å².